The van der Waals surface area contributed by atoms with Crippen LogP contribution in [0.1, 0.15) is 17.2 Å². The molecule has 2 aromatic rings. The van der Waals surface area contributed by atoms with Crippen molar-refractivity contribution in [1.82, 2.24) is 0 Å². The Morgan fingerprint density at radius 3 is 2.48 bits per heavy atom. The Labute approximate surface area is 172 Å². The molecule has 2 fully saturated rings. The first-order valence-electron chi connectivity index (χ1n) is 9.38. The number of anilines is 1. The Kier molecular flexibility index (Phi) is 4.08. The van der Waals surface area contributed by atoms with E-state index in [1.54, 1.807) is 24.3 Å². The zero-order valence-electron chi connectivity index (χ0n) is 15.5. The number of methoxy groups -OCH3 is 1. The van der Waals surface area contributed by atoms with E-state index < -0.39 is 29.8 Å². The van der Waals surface area contributed by atoms with Gasteiger partial charge in [-0.3, -0.25) is 14.5 Å². The molecule has 0 radical (unpaired) electrons. The summed E-state index contributed by atoms with van der Waals surface area (Å²) in [6.45, 7) is 0. The molecule has 0 aliphatic carbocycles. The fourth-order valence-electron chi connectivity index (χ4n) is 5.01. The molecule has 3 heterocycles. The summed E-state index contributed by atoms with van der Waals surface area (Å²) in [5, 5.41) is 0.317. The van der Waals surface area contributed by atoms with Crippen molar-refractivity contribution in [2.75, 3.05) is 12.0 Å². The topological polar surface area (TPSA) is 68.1 Å². The number of benzene rings is 2. The van der Waals surface area contributed by atoms with Gasteiger partial charge in [-0.15, -0.1) is 0 Å². The van der Waals surface area contributed by atoms with Gasteiger partial charge in [0.15, 0.2) is 0 Å². The average Bonchev–Trinajstić information content (AvgIpc) is 3.21. The molecule has 5 atom stereocenters. The molecule has 2 amide bonds. The molecular weight excluding hydrogens is 392 g/mol. The highest BCUT2D eigenvalue weighted by atomic mass is 35.5. The van der Waals surface area contributed by atoms with Crippen LogP contribution < -0.4 is 9.80 Å². The molecule has 1 unspecified atom stereocenters. The summed E-state index contributed by atoms with van der Waals surface area (Å²) in [7, 11) is 1.30. The van der Waals surface area contributed by atoms with Gasteiger partial charge in [-0.1, -0.05) is 48.0 Å². The Balaban J connectivity index is 1.67. The van der Waals surface area contributed by atoms with Crippen LogP contribution in [-0.2, 0) is 19.1 Å². The van der Waals surface area contributed by atoms with Gasteiger partial charge in [-0.2, -0.15) is 0 Å². The van der Waals surface area contributed by atoms with Crippen molar-refractivity contribution >= 4 is 41.1 Å². The third-order valence-electron chi connectivity index (χ3n) is 6.17. The number of carbonyl (C=O) groups excluding carboxylic acids is 3. The van der Waals surface area contributed by atoms with Crippen molar-refractivity contribution in [2.24, 2.45) is 11.8 Å². The van der Waals surface area contributed by atoms with Gasteiger partial charge in [-0.05, 0) is 23.8 Å². The minimum Gasteiger partial charge on any atom is -0.465 e. The first-order chi connectivity index (χ1) is 14.0. The fourth-order valence-corrected chi connectivity index (χ4v) is 5.23. The number of hydrogen-bond acceptors (Lipinski definition) is 4. The normalized spacial score (nSPS) is 29.4. The van der Waals surface area contributed by atoms with Crippen LogP contribution in [0.5, 0.6) is 0 Å². The van der Waals surface area contributed by atoms with E-state index in [0.717, 1.165) is 20.9 Å². The molecule has 1 N–H and O–H groups in total. The molecule has 3 aliphatic heterocycles. The van der Waals surface area contributed by atoms with Crippen LogP contribution in [0.3, 0.4) is 0 Å². The third-order valence-corrected chi connectivity index (χ3v) is 6.49. The lowest BCUT2D eigenvalue weighted by Crippen LogP contribution is -3.12. The summed E-state index contributed by atoms with van der Waals surface area (Å²) in [6.07, 6.45) is 3.80. The number of esters is 1. The van der Waals surface area contributed by atoms with Crippen LogP contribution in [0, 0.1) is 11.8 Å². The Bertz CT molecular complexity index is 1080. The highest BCUT2D eigenvalue weighted by molar-refractivity contribution is 6.36. The highest BCUT2D eigenvalue weighted by Crippen LogP contribution is 2.45. The molecule has 3 aliphatic rings. The van der Waals surface area contributed by atoms with Gasteiger partial charge in [0.1, 0.15) is 17.9 Å². The number of imide groups is 1. The molecule has 0 bridgehead atoms. The van der Waals surface area contributed by atoms with Crippen LogP contribution in [0.2, 0.25) is 5.02 Å². The smallest absolute Gasteiger partial charge is 0.365 e. The van der Waals surface area contributed by atoms with Gasteiger partial charge >= 0.3 is 5.97 Å². The Morgan fingerprint density at radius 1 is 1.03 bits per heavy atom. The largest absolute Gasteiger partial charge is 0.465 e. The standard InChI is InChI=1S/C22H17ClN2O4/c1-29-22(28)19-17-16(18-13-7-3-2-6-12(13)10-11-24(18)19)20(26)25(21(17)27)15-9-5-4-8-14(15)23/h2-11,16-19H,1H3/p+1/t16-,17+,18+,19-/m0/s1. The van der Waals surface area contributed by atoms with E-state index in [9.17, 15) is 14.4 Å². The molecule has 6 nitrogen and oxygen atoms in total. The molecular formula is C22H18ClN2O4+. The van der Waals surface area contributed by atoms with Gasteiger partial charge in [0, 0.05) is 5.56 Å². The number of hydrogen-bond donors (Lipinski definition) is 1. The van der Waals surface area contributed by atoms with E-state index in [-0.39, 0.29) is 11.9 Å². The first kappa shape index (κ1) is 18.1. The third kappa shape index (κ3) is 2.42. The van der Waals surface area contributed by atoms with Crippen molar-refractivity contribution in [3.63, 3.8) is 0 Å². The maximum Gasteiger partial charge on any atom is 0.365 e. The van der Waals surface area contributed by atoms with Crippen molar-refractivity contribution in [1.29, 1.82) is 0 Å². The molecule has 0 saturated carbocycles. The minimum absolute atomic E-state index is 0.317. The summed E-state index contributed by atoms with van der Waals surface area (Å²) >= 11 is 6.28. The van der Waals surface area contributed by atoms with Gasteiger partial charge < -0.3 is 4.74 Å². The van der Waals surface area contributed by atoms with Gasteiger partial charge in [0.25, 0.3) is 0 Å². The summed E-state index contributed by atoms with van der Waals surface area (Å²) in [5.74, 6) is -2.70. The predicted octanol–water partition coefficient (Wildman–Crippen LogP) is 1.61. The molecule has 0 spiro atoms. The lowest BCUT2D eigenvalue weighted by atomic mass is 9.84. The Morgan fingerprint density at radius 2 is 1.72 bits per heavy atom. The number of ether oxygens (including phenoxy) is 1. The maximum atomic E-state index is 13.5. The second-order valence-electron chi connectivity index (χ2n) is 7.46. The summed E-state index contributed by atoms with van der Waals surface area (Å²) in [5.41, 5.74) is 2.29. The quantitative estimate of drug-likeness (QED) is 0.604. The zero-order valence-corrected chi connectivity index (χ0v) is 16.3. The molecule has 29 heavy (non-hydrogen) atoms. The first-order valence-corrected chi connectivity index (χ1v) is 9.76. The van der Waals surface area contributed by atoms with E-state index in [4.69, 9.17) is 16.3 Å². The van der Waals surface area contributed by atoms with E-state index in [1.807, 2.05) is 36.5 Å². The Hall–Kier alpha value is -2.96. The van der Waals surface area contributed by atoms with Crippen molar-refractivity contribution < 1.29 is 24.0 Å². The number of nitrogens with zero attached hydrogens (tertiary/aromatic N) is 1. The van der Waals surface area contributed by atoms with Crippen molar-refractivity contribution in [3.8, 4) is 0 Å². The lowest BCUT2D eigenvalue weighted by Gasteiger charge is -2.30. The zero-order chi connectivity index (χ0) is 20.3. The SMILES string of the molecule is COC(=O)[C@@H]1[C@@H]2C(=O)N(c3ccccc3Cl)C(=O)[C@@H]2[C@H]2c3ccccc3C=C[NH+]12. The fraction of sp³-hybridized carbons (Fsp3) is 0.227. The van der Waals surface area contributed by atoms with Gasteiger partial charge in [0.05, 0.1) is 24.0 Å². The van der Waals surface area contributed by atoms with E-state index in [1.165, 1.54) is 7.11 Å². The minimum atomic E-state index is -0.804. The van der Waals surface area contributed by atoms with Crippen LogP contribution in [-0.4, -0.2) is 30.9 Å². The molecule has 5 rings (SSSR count). The predicted molar refractivity (Wildman–Crippen MR) is 106 cm³/mol. The lowest BCUT2D eigenvalue weighted by molar-refractivity contribution is -0.885. The van der Waals surface area contributed by atoms with Gasteiger partial charge in [0.2, 0.25) is 17.9 Å². The van der Waals surface area contributed by atoms with E-state index >= 15 is 0 Å². The summed E-state index contributed by atoms with van der Waals surface area (Å²) in [6, 6.07) is 13.4. The second kappa shape index (κ2) is 6.54. The maximum absolute atomic E-state index is 13.5. The van der Waals surface area contributed by atoms with Crippen LogP contribution in [0.15, 0.2) is 54.7 Å². The van der Waals surface area contributed by atoms with E-state index in [0.29, 0.717) is 10.7 Å². The number of fused-ring (bicyclic) bond motifs is 5. The second-order valence-corrected chi connectivity index (χ2v) is 7.86. The van der Waals surface area contributed by atoms with Crippen molar-refractivity contribution in [2.45, 2.75) is 12.1 Å². The summed E-state index contributed by atoms with van der Waals surface area (Å²) in [4.78, 5) is 41.6. The molecule has 0 aromatic heterocycles. The molecule has 2 saturated heterocycles. The number of carbonyl (C=O) groups is 3. The summed E-state index contributed by atoms with van der Waals surface area (Å²) < 4.78 is 5.03. The number of halogens is 1. The monoisotopic (exact) mass is 409 g/mol. The molecule has 146 valence electrons. The number of amides is 2. The van der Waals surface area contributed by atoms with Crippen molar-refractivity contribution in [3.05, 3.63) is 70.9 Å². The van der Waals surface area contributed by atoms with Crippen LogP contribution in [0.4, 0.5) is 5.69 Å². The molecule has 7 heteroatoms. The number of para-hydroxylation sites is 1. The van der Waals surface area contributed by atoms with E-state index in [2.05, 4.69) is 0 Å². The number of rotatable bonds is 2. The van der Waals surface area contributed by atoms with Crippen LogP contribution in [0.25, 0.3) is 6.08 Å². The highest BCUT2D eigenvalue weighted by Gasteiger charge is 2.68. The number of nitrogens with one attached hydrogen (secondary N) is 1. The average molecular weight is 410 g/mol. The number of quaternary nitrogens is 1. The molecule has 2 aromatic carbocycles. The van der Waals surface area contributed by atoms with Crippen LogP contribution >= 0.6 is 11.6 Å². The van der Waals surface area contributed by atoms with Gasteiger partial charge in [-0.25, -0.2) is 9.69 Å².